The zero-order valence-corrected chi connectivity index (χ0v) is 12.3. The van der Waals surface area contributed by atoms with Crippen molar-refractivity contribution in [3.05, 3.63) is 0 Å². The number of carbonyl (C=O) groups excluding carboxylic acids is 2. The van der Waals surface area contributed by atoms with Crippen LogP contribution in [0.25, 0.3) is 0 Å². The number of nitrogens with one attached hydrogen (secondary N) is 1. The first-order chi connectivity index (χ1) is 10.1. The Kier molecular flexibility index (Phi) is 2.17. The summed E-state index contributed by atoms with van der Waals surface area (Å²) in [5.41, 5.74) is 0.201. The Balaban J connectivity index is 1.32. The van der Waals surface area contributed by atoms with E-state index in [0.717, 1.165) is 64.8 Å². The van der Waals surface area contributed by atoms with Crippen molar-refractivity contribution in [2.75, 3.05) is 32.7 Å². The van der Waals surface area contributed by atoms with Crippen LogP contribution < -0.4 is 5.32 Å². The first-order valence-electron chi connectivity index (χ1n) is 8.23. The molecular formula is C15H22N4O2. The second-order valence-corrected chi connectivity index (χ2v) is 7.57. The van der Waals surface area contributed by atoms with Gasteiger partial charge in [-0.3, -0.25) is 4.79 Å². The molecule has 0 aromatic rings. The second-order valence-electron chi connectivity index (χ2n) is 7.57. The number of hydrogen-bond acceptors (Lipinski definition) is 3. The third-order valence-electron chi connectivity index (χ3n) is 6.41. The molecule has 1 N–H and O–H groups in total. The van der Waals surface area contributed by atoms with Gasteiger partial charge in [0.25, 0.3) is 0 Å². The van der Waals surface area contributed by atoms with E-state index in [1.165, 1.54) is 0 Å². The van der Waals surface area contributed by atoms with E-state index >= 15 is 0 Å². The Bertz CT molecular complexity index is 514. The van der Waals surface area contributed by atoms with Crippen LogP contribution in [0.2, 0.25) is 0 Å². The van der Waals surface area contributed by atoms with E-state index in [4.69, 9.17) is 0 Å². The first kappa shape index (κ1) is 12.3. The number of urea groups is 1. The van der Waals surface area contributed by atoms with Crippen LogP contribution in [-0.2, 0) is 4.79 Å². The van der Waals surface area contributed by atoms with Crippen molar-refractivity contribution >= 4 is 11.9 Å². The summed E-state index contributed by atoms with van der Waals surface area (Å²) in [6, 6.07) is 0.590. The molecule has 6 fully saturated rings. The van der Waals surface area contributed by atoms with Crippen LogP contribution in [0.15, 0.2) is 0 Å². The Morgan fingerprint density at radius 1 is 1.05 bits per heavy atom. The van der Waals surface area contributed by atoms with Gasteiger partial charge in [-0.25, -0.2) is 4.79 Å². The largest absolute Gasteiger partial charge is 0.337 e. The Morgan fingerprint density at radius 3 is 2.48 bits per heavy atom. The first-order valence-corrected chi connectivity index (χ1v) is 8.23. The molecule has 1 atom stereocenters. The molecule has 0 radical (unpaired) electrons. The zero-order valence-electron chi connectivity index (χ0n) is 12.3. The highest BCUT2D eigenvalue weighted by atomic mass is 16.2. The monoisotopic (exact) mass is 290 g/mol. The molecule has 3 aliphatic carbocycles. The molecule has 0 aromatic heterocycles. The van der Waals surface area contributed by atoms with Gasteiger partial charge >= 0.3 is 6.03 Å². The van der Waals surface area contributed by atoms with Gasteiger partial charge in [-0.1, -0.05) is 0 Å². The van der Waals surface area contributed by atoms with Crippen molar-refractivity contribution in [3.8, 4) is 0 Å². The summed E-state index contributed by atoms with van der Waals surface area (Å²) in [5, 5.41) is 3.38. The lowest BCUT2D eigenvalue weighted by Crippen LogP contribution is -2.83. The highest BCUT2D eigenvalue weighted by Gasteiger charge is 2.75. The van der Waals surface area contributed by atoms with Crippen LogP contribution in [0, 0.1) is 0 Å². The summed E-state index contributed by atoms with van der Waals surface area (Å²) < 4.78 is 0. The van der Waals surface area contributed by atoms with Crippen molar-refractivity contribution in [2.45, 2.75) is 49.2 Å². The number of likely N-dealkylation sites (tertiary alicyclic amines) is 1. The fourth-order valence-corrected chi connectivity index (χ4v) is 5.42. The number of hydrogen-bond donors (Lipinski definition) is 1. The quantitative estimate of drug-likeness (QED) is 0.778. The summed E-state index contributed by atoms with van der Waals surface area (Å²) in [5.74, 6) is 0.331. The normalized spacial score (nSPS) is 44.8. The molecular weight excluding hydrogens is 268 g/mol. The maximum absolute atomic E-state index is 12.6. The molecule has 3 aliphatic heterocycles. The second kappa shape index (κ2) is 3.72. The van der Waals surface area contributed by atoms with Gasteiger partial charge in [0, 0.05) is 44.7 Å². The predicted octanol–water partition coefficient (Wildman–Crippen LogP) is -0.00670. The molecule has 114 valence electrons. The lowest BCUT2D eigenvalue weighted by Gasteiger charge is -2.75. The lowest BCUT2D eigenvalue weighted by atomic mass is 9.42. The molecule has 6 rings (SSSR count). The molecule has 3 saturated heterocycles. The number of rotatable bonds is 2. The van der Waals surface area contributed by atoms with Crippen molar-refractivity contribution in [1.82, 2.24) is 20.0 Å². The van der Waals surface area contributed by atoms with Gasteiger partial charge in [0.1, 0.15) is 0 Å². The lowest BCUT2D eigenvalue weighted by molar-refractivity contribution is -0.211. The van der Waals surface area contributed by atoms with Gasteiger partial charge in [-0.15, -0.1) is 0 Å². The van der Waals surface area contributed by atoms with Crippen molar-refractivity contribution < 1.29 is 9.59 Å². The summed E-state index contributed by atoms with van der Waals surface area (Å²) in [6.07, 6.45) is 4.79. The molecule has 6 nitrogen and oxygen atoms in total. The predicted molar refractivity (Wildman–Crippen MR) is 75.7 cm³/mol. The molecule has 3 heterocycles. The van der Waals surface area contributed by atoms with Gasteiger partial charge in [0.15, 0.2) is 0 Å². The minimum atomic E-state index is 0.0806. The van der Waals surface area contributed by atoms with E-state index < -0.39 is 0 Å². The Hall–Kier alpha value is -1.30. The van der Waals surface area contributed by atoms with E-state index in [9.17, 15) is 9.59 Å². The minimum absolute atomic E-state index is 0.0806. The van der Waals surface area contributed by atoms with Crippen LogP contribution >= 0.6 is 0 Å². The topological polar surface area (TPSA) is 55.9 Å². The zero-order chi connectivity index (χ0) is 14.2. The fourth-order valence-electron chi connectivity index (χ4n) is 5.42. The van der Waals surface area contributed by atoms with E-state index in [0.29, 0.717) is 11.9 Å². The highest BCUT2D eigenvalue weighted by molar-refractivity contribution is 5.82. The van der Waals surface area contributed by atoms with Crippen LogP contribution in [-0.4, -0.2) is 76.5 Å². The fraction of sp³-hybridized carbons (Fsp3) is 0.867. The summed E-state index contributed by atoms with van der Waals surface area (Å²) in [6.45, 7) is 4.48. The average Bonchev–Trinajstić information content (AvgIpc) is 2.94. The highest BCUT2D eigenvalue weighted by Crippen LogP contribution is 2.67. The molecule has 6 heteroatoms. The number of piperazine rings is 1. The van der Waals surface area contributed by atoms with E-state index in [2.05, 4.69) is 15.1 Å². The van der Waals surface area contributed by atoms with Crippen molar-refractivity contribution in [2.24, 2.45) is 0 Å². The van der Waals surface area contributed by atoms with Gasteiger partial charge in [-0.2, -0.15) is 0 Å². The van der Waals surface area contributed by atoms with Gasteiger partial charge in [0.2, 0.25) is 5.91 Å². The van der Waals surface area contributed by atoms with Crippen LogP contribution in [0.5, 0.6) is 0 Å². The van der Waals surface area contributed by atoms with Gasteiger partial charge in [0.05, 0.1) is 11.6 Å². The summed E-state index contributed by atoms with van der Waals surface area (Å²) in [7, 11) is 0. The van der Waals surface area contributed by atoms with Crippen LogP contribution in [0.3, 0.4) is 0 Å². The van der Waals surface area contributed by atoms with E-state index in [-0.39, 0.29) is 17.1 Å². The Morgan fingerprint density at radius 2 is 1.81 bits per heavy atom. The van der Waals surface area contributed by atoms with Crippen LogP contribution in [0.1, 0.15) is 32.1 Å². The van der Waals surface area contributed by atoms with E-state index in [1.807, 2.05) is 4.90 Å². The number of carbonyl (C=O) groups is 2. The molecule has 3 amide bonds. The number of fused-ring (bicyclic) bond motifs is 1. The standard InChI is InChI=1S/C15H22N4O2/c20-12-2-1-4-18(12)14-8-15(9-14,10-14)19-7-11-6-16-3-5-17(11)13(19)21/h11,16H,1-10H2/t11-,14?,15?/m0/s1. The number of amides is 3. The Labute approximate surface area is 124 Å². The van der Waals surface area contributed by atoms with Crippen molar-refractivity contribution in [3.63, 3.8) is 0 Å². The molecule has 0 aromatic carbocycles. The van der Waals surface area contributed by atoms with E-state index in [1.54, 1.807) is 0 Å². The SMILES string of the molecule is O=C1CCCN1C12CC(N3C[C@@H]4CNCCN4C3=O)(C1)C2. The third-order valence-corrected chi connectivity index (χ3v) is 6.41. The number of nitrogens with zero attached hydrogens (tertiary/aromatic N) is 3. The summed E-state index contributed by atoms with van der Waals surface area (Å²) >= 11 is 0. The maximum Gasteiger partial charge on any atom is 0.320 e. The molecule has 3 saturated carbocycles. The molecule has 0 spiro atoms. The molecule has 2 bridgehead atoms. The van der Waals surface area contributed by atoms with Gasteiger partial charge < -0.3 is 20.0 Å². The van der Waals surface area contributed by atoms with Crippen LogP contribution in [0.4, 0.5) is 4.79 Å². The maximum atomic E-state index is 12.6. The smallest absolute Gasteiger partial charge is 0.320 e. The third kappa shape index (κ3) is 1.37. The van der Waals surface area contributed by atoms with Crippen molar-refractivity contribution in [1.29, 1.82) is 0 Å². The summed E-state index contributed by atoms with van der Waals surface area (Å²) in [4.78, 5) is 30.9. The average molecular weight is 290 g/mol. The van der Waals surface area contributed by atoms with Gasteiger partial charge in [-0.05, 0) is 25.7 Å². The minimum Gasteiger partial charge on any atom is -0.337 e. The molecule has 6 aliphatic rings. The molecule has 0 unspecified atom stereocenters. The molecule has 21 heavy (non-hydrogen) atoms.